The molecule has 0 amide bonds. The van der Waals surface area contributed by atoms with Crippen molar-refractivity contribution in [2.24, 2.45) is 7.05 Å². The molecule has 11 heteroatoms. The second-order valence-electron chi connectivity index (χ2n) is 7.03. The molecule has 0 spiro atoms. The van der Waals surface area contributed by atoms with Crippen LogP contribution in [-0.4, -0.2) is 56.2 Å². The van der Waals surface area contributed by atoms with Gasteiger partial charge in [-0.05, 0) is 36.8 Å². The Kier molecular flexibility index (Phi) is 5.58. The average Bonchev–Trinajstić information content (AvgIpc) is 2.91. The molecule has 0 saturated carbocycles. The highest BCUT2D eigenvalue weighted by molar-refractivity contribution is 7.89. The molecule has 1 aliphatic heterocycles. The summed E-state index contributed by atoms with van der Waals surface area (Å²) in [6, 6.07) is 12.8. The molecule has 2 aromatic carbocycles. The molecule has 8 nitrogen and oxygen atoms in total. The molecule has 1 fully saturated rings. The number of aromatic nitrogens is 1. The minimum absolute atomic E-state index is 0.0669. The van der Waals surface area contributed by atoms with E-state index in [0.29, 0.717) is 16.6 Å². The molecular formula is C19H21N3O5S3. The first kappa shape index (κ1) is 21.2. The van der Waals surface area contributed by atoms with Crippen LogP contribution in [0.4, 0.5) is 0 Å². The van der Waals surface area contributed by atoms with E-state index >= 15 is 0 Å². The molecule has 160 valence electrons. The quantitative estimate of drug-likeness (QED) is 0.582. The maximum Gasteiger partial charge on any atom is 0.307 e. The Hall–Kier alpha value is -2.05. The smallest absolute Gasteiger partial charge is 0.302 e. The van der Waals surface area contributed by atoms with E-state index in [4.69, 9.17) is 0 Å². The lowest BCUT2D eigenvalue weighted by molar-refractivity contribution is 0.404. The molecule has 1 aromatic heterocycles. The Morgan fingerprint density at radius 2 is 1.40 bits per heavy atom. The molecule has 2 heterocycles. The molecule has 0 aliphatic carbocycles. The SMILES string of the molecule is Cn1c(=O)sc2cc(S(=O)(=O)N3CCCN(S(=O)(=O)c4ccccc4)CC3)ccc21. The van der Waals surface area contributed by atoms with Gasteiger partial charge in [0.15, 0.2) is 0 Å². The minimum atomic E-state index is -3.81. The van der Waals surface area contributed by atoms with Crippen LogP contribution in [0, 0.1) is 0 Å². The second-order valence-corrected chi connectivity index (χ2v) is 11.9. The van der Waals surface area contributed by atoms with Gasteiger partial charge in [-0.2, -0.15) is 8.61 Å². The number of fused-ring (bicyclic) bond motifs is 1. The van der Waals surface area contributed by atoms with Crippen molar-refractivity contribution in [2.75, 3.05) is 26.2 Å². The highest BCUT2D eigenvalue weighted by atomic mass is 32.2. The fourth-order valence-electron chi connectivity index (χ4n) is 3.52. The zero-order valence-electron chi connectivity index (χ0n) is 16.3. The molecule has 0 unspecified atom stereocenters. The van der Waals surface area contributed by atoms with Crippen molar-refractivity contribution in [3.05, 3.63) is 58.2 Å². The third kappa shape index (κ3) is 3.71. The van der Waals surface area contributed by atoms with E-state index in [2.05, 4.69) is 0 Å². The predicted molar refractivity (Wildman–Crippen MR) is 116 cm³/mol. The number of hydrogen-bond donors (Lipinski definition) is 0. The first-order valence-corrected chi connectivity index (χ1v) is 13.1. The van der Waals surface area contributed by atoms with Crippen molar-refractivity contribution in [3.63, 3.8) is 0 Å². The first-order valence-electron chi connectivity index (χ1n) is 9.36. The summed E-state index contributed by atoms with van der Waals surface area (Å²) in [5.74, 6) is 0. The van der Waals surface area contributed by atoms with Crippen LogP contribution in [0.25, 0.3) is 10.2 Å². The summed E-state index contributed by atoms with van der Waals surface area (Å²) in [6.45, 7) is 0.629. The van der Waals surface area contributed by atoms with Gasteiger partial charge < -0.3 is 4.57 Å². The van der Waals surface area contributed by atoms with E-state index < -0.39 is 20.0 Å². The van der Waals surface area contributed by atoms with Gasteiger partial charge in [-0.1, -0.05) is 29.5 Å². The zero-order chi connectivity index (χ0) is 21.5. The summed E-state index contributed by atoms with van der Waals surface area (Å²) in [5, 5.41) is 0. The molecule has 4 rings (SSSR count). The van der Waals surface area contributed by atoms with E-state index in [9.17, 15) is 21.6 Å². The average molecular weight is 468 g/mol. The number of thiazole rings is 1. The number of hydrogen-bond acceptors (Lipinski definition) is 6. The third-order valence-corrected chi connectivity index (χ3v) is 10.00. The van der Waals surface area contributed by atoms with E-state index in [-0.39, 0.29) is 40.8 Å². The molecule has 30 heavy (non-hydrogen) atoms. The van der Waals surface area contributed by atoms with Crippen LogP contribution in [0.2, 0.25) is 0 Å². The monoisotopic (exact) mass is 467 g/mol. The van der Waals surface area contributed by atoms with Gasteiger partial charge in [0, 0.05) is 33.2 Å². The normalized spacial score (nSPS) is 17.2. The van der Waals surface area contributed by atoms with Crippen molar-refractivity contribution in [3.8, 4) is 0 Å². The van der Waals surface area contributed by atoms with Gasteiger partial charge in [-0.15, -0.1) is 0 Å². The number of sulfonamides is 2. The minimum Gasteiger partial charge on any atom is -0.302 e. The molecular weight excluding hydrogens is 446 g/mol. The van der Waals surface area contributed by atoms with Crippen molar-refractivity contribution in [1.29, 1.82) is 0 Å². The largest absolute Gasteiger partial charge is 0.307 e. The fraction of sp³-hybridized carbons (Fsp3) is 0.316. The molecule has 0 N–H and O–H groups in total. The fourth-order valence-corrected chi connectivity index (χ4v) is 7.50. The number of nitrogens with zero attached hydrogens (tertiary/aromatic N) is 3. The van der Waals surface area contributed by atoms with Crippen LogP contribution in [-0.2, 0) is 27.1 Å². The topological polar surface area (TPSA) is 96.8 Å². The Bertz CT molecular complexity index is 1350. The van der Waals surface area contributed by atoms with Crippen LogP contribution in [0.5, 0.6) is 0 Å². The second kappa shape index (κ2) is 7.89. The van der Waals surface area contributed by atoms with Gasteiger partial charge in [-0.3, -0.25) is 4.79 Å². The van der Waals surface area contributed by atoms with Crippen LogP contribution in [0.15, 0.2) is 63.1 Å². The summed E-state index contributed by atoms with van der Waals surface area (Å²) in [5.41, 5.74) is 0.681. The van der Waals surface area contributed by atoms with Crippen LogP contribution in [0.3, 0.4) is 0 Å². The lowest BCUT2D eigenvalue weighted by atomic mass is 10.3. The first-order chi connectivity index (χ1) is 14.2. The highest BCUT2D eigenvalue weighted by Gasteiger charge is 2.31. The maximum absolute atomic E-state index is 13.2. The van der Waals surface area contributed by atoms with Crippen LogP contribution < -0.4 is 4.87 Å². The number of benzene rings is 2. The van der Waals surface area contributed by atoms with E-state index in [1.54, 1.807) is 31.3 Å². The summed E-state index contributed by atoms with van der Waals surface area (Å²) in [4.78, 5) is 12.0. The zero-order valence-corrected chi connectivity index (χ0v) is 18.7. The van der Waals surface area contributed by atoms with Crippen LogP contribution in [0.1, 0.15) is 6.42 Å². The van der Waals surface area contributed by atoms with E-state index in [1.807, 2.05) is 0 Å². The molecule has 0 bridgehead atoms. The molecule has 0 radical (unpaired) electrons. The molecule has 1 saturated heterocycles. The van der Waals surface area contributed by atoms with Crippen molar-refractivity contribution in [1.82, 2.24) is 13.2 Å². The molecule has 1 aliphatic rings. The van der Waals surface area contributed by atoms with E-state index in [1.165, 1.54) is 37.4 Å². The lowest BCUT2D eigenvalue weighted by Gasteiger charge is -2.21. The standard InChI is InChI=1S/C19H21N3O5S3/c1-20-17-9-8-16(14-18(17)28-19(20)23)30(26,27)22-11-5-10-21(12-13-22)29(24,25)15-6-3-2-4-7-15/h2-4,6-9,14H,5,10-13H2,1H3. The summed E-state index contributed by atoms with van der Waals surface area (Å²) in [6.07, 6.45) is 0.395. The highest BCUT2D eigenvalue weighted by Crippen LogP contribution is 2.25. The summed E-state index contributed by atoms with van der Waals surface area (Å²) in [7, 11) is -5.84. The van der Waals surface area contributed by atoms with Gasteiger partial charge in [0.2, 0.25) is 20.0 Å². The van der Waals surface area contributed by atoms with Crippen molar-refractivity contribution < 1.29 is 16.8 Å². The lowest BCUT2D eigenvalue weighted by Crippen LogP contribution is -2.37. The van der Waals surface area contributed by atoms with Gasteiger partial charge in [0.25, 0.3) is 0 Å². The molecule has 0 atom stereocenters. The predicted octanol–water partition coefficient (Wildman–Crippen LogP) is 1.69. The van der Waals surface area contributed by atoms with Crippen LogP contribution >= 0.6 is 11.3 Å². The van der Waals surface area contributed by atoms with Crippen molar-refractivity contribution in [2.45, 2.75) is 16.2 Å². The Morgan fingerprint density at radius 1 is 0.800 bits per heavy atom. The van der Waals surface area contributed by atoms with E-state index in [0.717, 1.165) is 11.3 Å². The third-order valence-electron chi connectivity index (χ3n) is 5.20. The maximum atomic E-state index is 13.2. The van der Waals surface area contributed by atoms with Gasteiger partial charge >= 0.3 is 4.87 Å². The summed E-state index contributed by atoms with van der Waals surface area (Å²) >= 11 is 0.998. The number of rotatable bonds is 4. The number of aryl methyl sites for hydroxylation is 1. The Balaban J connectivity index is 1.59. The van der Waals surface area contributed by atoms with Gasteiger partial charge in [0.1, 0.15) is 0 Å². The Morgan fingerprint density at radius 3 is 2.03 bits per heavy atom. The van der Waals surface area contributed by atoms with Crippen molar-refractivity contribution >= 4 is 41.6 Å². The Labute approximate surface area is 179 Å². The van der Waals surface area contributed by atoms with Gasteiger partial charge in [-0.25, -0.2) is 16.8 Å². The summed E-state index contributed by atoms with van der Waals surface area (Å²) < 4.78 is 56.8. The van der Waals surface area contributed by atoms with Gasteiger partial charge in [0.05, 0.1) is 20.0 Å². The molecule has 3 aromatic rings.